The zero-order valence-electron chi connectivity index (χ0n) is 35.4. The molecule has 1 aliphatic carbocycles. The number of benzene rings is 3. The second-order valence-corrected chi connectivity index (χ2v) is 17.8. The number of likely N-dealkylation sites (N-methyl/N-ethyl adjacent to an activating group) is 1. The molecule has 2 N–H and O–H groups in total. The molecule has 2 heterocycles. The van der Waals surface area contributed by atoms with Gasteiger partial charge < -0.3 is 24.4 Å². The van der Waals surface area contributed by atoms with Gasteiger partial charge in [-0.25, -0.2) is 0 Å². The maximum Gasteiger partial charge on any atom is 0.265 e. The minimum atomic E-state index is -4.15. The number of fused-ring (bicyclic) bond motifs is 2. The standard InChI is InChI=1S/C48H59N3O7S/c1-7-50-41-21-13-12-20-39(41)47(3,4)43(50)26-23-35-16-14-17-36(45(35)58-38-18-10-9-11-19-38)24-27-44-48(5,6)40-34-37(46(52)49-28-30-57-32-31-56-8-2)22-25-42(40)51(44)29-15-33-59(53,54)55/h9-13,18-27,34H,7-8,14-17,28-33H2,1-6H3,(H-,49,52,53,54,55)/p+1. The van der Waals surface area contributed by atoms with Crippen LogP contribution < -0.4 is 15.0 Å². The highest BCUT2D eigenvalue weighted by Crippen LogP contribution is 2.48. The minimum absolute atomic E-state index is 0.164. The molecule has 2 aliphatic heterocycles. The third kappa shape index (κ3) is 10.1. The molecule has 0 saturated carbocycles. The van der Waals surface area contributed by atoms with Gasteiger partial charge in [0.1, 0.15) is 18.1 Å². The normalized spacial score (nSPS) is 18.6. The fourth-order valence-corrected chi connectivity index (χ4v) is 8.96. The van der Waals surface area contributed by atoms with E-state index in [2.05, 4.69) is 98.0 Å². The van der Waals surface area contributed by atoms with Crippen molar-refractivity contribution in [2.45, 2.75) is 78.1 Å². The molecule has 0 atom stereocenters. The molecule has 0 fully saturated rings. The average Bonchev–Trinajstić information content (AvgIpc) is 3.56. The molecule has 0 bridgehead atoms. The van der Waals surface area contributed by atoms with Crippen LogP contribution >= 0.6 is 0 Å². The van der Waals surface area contributed by atoms with E-state index in [4.69, 9.17) is 14.2 Å². The van der Waals surface area contributed by atoms with Gasteiger partial charge in [-0.2, -0.15) is 13.0 Å². The van der Waals surface area contributed by atoms with Crippen LogP contribution in [-0.4, -0.2) is 81.0 Å². The van der Waals surface area contributed by atoms with Crippen molar-refractivity contribution in [2.75, 3.05) is 56.7 Å². The maximum atomic E-state index is 13.3. The van der Waals surface area contributed by atoms with Gasteiger partial charge in [0.05, 0.1) is 31.0 Å². The monoisotopic (exact) mass is 822 g/mol. The van der Waals surface area contributed by atoms with Gasteiger partial charge in [0, 0.05) is 66.2 Å². The lowest BCUT2D eigenvalue weighted by Crippen LogP contribution is -2.29. The van der Waals surface area contributed by atoms with Crippen molar-refractivity contribution in [3.63, 3.8) is 0 Å². The van der Waals surface area contributed by atoms with Crippen molar-refractivity contribution in [1.82, 2.24) is 5.32 Å². The molecule has 3 aromatic carbocycles. The Morgan fingerprint density at radius 2 is 1.63 bits per heavy atom. The number of hydrogen-bond acceptors (Lipinski definition) is 7. The summed E-state index contributed by atoms with van der Waals surface area (Å²) in [5.41, 5.74) is 8.62. The number of anilines is 1. The molecule has 6 rings (SSSR count). The van der Waals surface area contributed by atoms with E-state index in [1.807, 2.05) is 49.4 Å². The first-order chi connectivity index (χ1) is 28.3. The van der Waals surface area contributed by atoms with E-state index < -0.39 is 15.5 Å². The van der Waals surface area contributed by atoms with Crippen molar-refractivity contribution in [1.29, 1.82) is 0 Å². The number of para-hydroxylation sites is 2. The molecular formula is C48H60N3O7S+. The predicted octanol–water partition coefficient (Wildman–Crippen LogP) is 8.82. The number of carbonyl (C=O) groups excluding carboxylic acids is 1. The zero-order chi connectivity index (χ0) is 42.2. The highest BCUT2D eigenvalue weighted by molar-refractivity contribution is 7.85. The fourth-order valence-electron chi connectivity index (χ4n) is 8.46. The lowest BCUT2D eigenvalue weighted by molar-refractivity contribution is -0.437. The van der Waals surface area contributed by atoms with E-state index in [0.717, 1.165) is 65.4 Å². The van der Waals surface area contributed by atoms with Gasteiger partial charge in [-0.05, 0) is 106 Å². The summed E-state index contributed by atoms with van der Waals surface area (Å²) in [5.74, 6) is 1.04. The van der Waals surface area contributed by atoms with Crippen LogP contribution in [0.15, 0.2) is 120 Å². The fraction of sp³-hybridized carbons (Fsp3) is 0.417. The van der Waals surface area contributed by atoms with Gasteiger partial charge in [-0.3, -0.25) is 9.35 Å². The number of ether oxygens (including phenoxy) is 3. The largest absolute Gasteiger partial charge is 0.457 e. The van der Waals surface area contributed by atoms with Crippen LogP contribution in [-0.2, 0) is 30.4 Å². The Labute approximate surface area is 350 Å². The van der Waals surface area contributed by atoms with E-state index in [0.29, 0.717) is 45.1 Å². The Bertz CT molecular complexity index is 2270. The molecule has 0 spiro atoms. The third-order valence-electron chi connectivity index (χ3n) is 11.5. The van der Waals surface area contributed by atoms with E-state index in [1.54, 1.807) is 6.07 Å². The highest BCUT2D eigenvalue weighted by Gasteiger charge is 2.45. The van der Waals surface area contributed by atoms with Gasteiger partial charge in [0.25, 0.3) is 16.0 Å². The molecule has 1 amide bonds. The summed E-state index contributed by atoms with van der Waals surface area (Å²) in [6, 6.07) is 24.2. The Balaban J connectivity index is 1.35. The highest BCUT2D eigenvalue weighted by atomic mass is 32.2. The van der Waals surface area contributed by atoms with Crippen LogP contribution in [0.2, 0.25) is 0 Å². The van der Waals surface area contributed by atoms with Crippen LogP contribution in [0.3, 0.4) is 0 Å². The van der Waals surface area contributed by atoms with Crippen molar-refractivity contribution < 1.29 is 36.6 Å². The summed E-state index contributed by atoms with van der Waals surface area (Å²) in [4.78, 5) is 15.7. The Morgan fingerprint density at radius 3 is 2.37 bits per heavy atom. The summed E-state index contributed by atoms with van der Waals surface area (Å²) in [7, 11) is -4.15. The molecule has 0 saturated heterocycles. The van der Waals surface area contributed by atoms with Crippen molar-refractivity contribution in [3.8, 4) is 5.75 Å². The number of nitrogens with one attached hydrogen (secondary N) is 1. The summed E-state index contributed by atoms with van der Waals surface area (Å²) in [6.07, 6.45) is 11.6. The van der Waals surface area contributed by atoms with Gasteiger partial charge in [-0.1, -0.05) is 56.3 Å². The summed E-state index contributed by atoms with van der Waals surface area (Å²) in [6.45, 7) is 16.5. The number of rotatable bonds is 18. The van der Waals surface area contributed by atoms with Crippen molar-refractivity contribution in [2.24, 2.45) is 0 Å². The van der Waals surface area contributed by atoms with E-state index >= 15 is 0 Å². The SMILES string of the molecule is CCOCCOCCNC(=O)c1ccc2c(c1)C(C)(C)C(C=CC1=C(Oc3ccccc3)C(=CC=C3N(CC)c4ccccc4C3(C)C)CCC1)=[N+]2CCCS(=O)(=O)O. The first-order valence-corrected chi connectivity index (χ1v) is 22.5. The molecule has 314 valence electrons. The lowest BCUT2D eigenvalue weighted by Gasteiger charge is -2.26. The Kier molecular flexibility index (Phi) is 14.1. The van der Waals surface area contributed by atoms with E-state index in [9.17, 15) is 17.8 Å². The van der Waals surface area contributed by atoms with Crippen molar-refractivity contribution in [3.05, 3.63) is 136 Å². The second kappa shape index (κ2) is 19.1. The first kappa shape index (κ1) is 43.8. The molecule has 11 heteroatoms. The van der Waals surface area contributed by atoms with Gasteiger partial charge >= 0.3 is 0 Å². The van der Waals surface area contributed by atoms with E-state index in [1.165, 1.54) is 16.9 Å². The number of nitrogens with zero attached hydrogens (tertiary/aromatic N) is 2. The predicted molar refractivity (Wildman–Crippen MR) is 236 cm³/mol. The van der Waals surface area contributed by atoms with Crippen LogP contribution in [0, 0.1) is 0 Å². The van der Waals surface area contributed by atoms with Gasteiger partial charge in [0.2, 0.25) is 5.69 Å². The number of allylic oxidation sites excluding steroid dienone is 7. The lowest BCUT2D eigenvalue weighted by atomic mass is 9.80. The van der Waals surface area contributed by atoms with Gasteiger partial charge in [0.15, 0.2) is 5.71 Å². The molecule has 10 nitrogen and oxygen atoms in total. The Hall–Kier alpha value is -4.81. The third-order valence-corrected chi connectivity index (χ3v) is 12.3. The topological polar surface area (TPSA) is 117 Å². The summed E-state index contributed by atoms with van der Waals surface area (Å²) < 4.78 is 52.9. The van der Waals surface area contributed by atoms with Crippen LogP contribution in [0.1, 0.15) is 88.7 Å². The van der Waals surface area contributed by atoms with Gasteiger partial charge in [-0.15, -0.1) is 0 Å². The quantitative estimate of drug-likeness (QED) is 0.0743. The Morgan fingerprint density at radius 1 is 0.881 bits per heavy atom. The van der Waals surface area contributed by atoms with Crippen molar-refractivity contribution >= 4 is 33.1 Å². The second-order valence-electron chi connectivity index (χ2n) is 16.2. The minimum Gasteiger partial charge on any atom is -0.457 e. The van der Waals surface area contributed by atoms with Crippen LogP contribution in [0.25, 0.3) is 0 Å². The maximum absolute atomic E-state index is 13.3. The molecule has 0 unspecified atom stereocenters. The zero-order valence-corrected chi connectivity index (χ0v) is 36.2. The van der Waals surface area contributed by atoms with Crippen LogP contribution in [0.5, 0.6) is 5.75 Å². The molecular weight excluding hydrogens is 763 g/mol. The summed E-state index contributed by atoms with van der Waals surface area (Å²) >= 11 is 0. The smallest absolute Gasteiger partial charge is 0.265 e. The van der Waals surface area contributed by atoms with Crippen LogP contribution in [0.4, 0.5) is 11.4 Å². The molecule has 0 aromatic heterocycles. The average molecular weight is 823 g/mol. The molecule has 59 heavy (non-hydrogen) atoms. The van der Waals surface area contributed by atoms with E-state index in [-0.39, 0.29) is 23.5 Å². The first-order valence-electron chi connectivity index (χ1n) is 20.9. The molecule has 3 aliphatic rings. The summed E-state index contributed by atoms with van der Waals surface area (Å²) in [5, 5.41) is 2.96. The number of carbonyl (C=O) groups is 1. The number of hydrogen-bond donors (Lipinski definition) is 2. The number of amides is 1. The molecule has 0 radical (unpaired) electrons. The molecule has 3 aromatic rings.